The van der Waals surface area contributed by atoms with Crippen LogP contribution in [0.4, 0.5) is 0 Å². The van der Waals surface area contributed by atoms with E-state index in [-0.39, 0.29) is 5.91 Å². The summed E-state index contributed by atoms with van der Waals surface area (Å²) in [5, 5.41) is 2.91. The second-order valence-electron chi connectivity index (χ2n) is 4.04. The highest BCUT2D eigenvalue weighted by Gasteiger charge is 2.17. The van der Waals surface area contributed by atoms with E-state index in [2.05, 4.69) is 27.9 Å². The number of rotatable bonds is 8. The minimum Gasteiger partial charge on any atom is -0.496 e. The molecule has 0 radical (unpaired) electrons. The molecule has 19 heavy (non-hydrogen) atoms. The normalized spacial score (nSPS) is 10.1. The number of unbranched alkanes of at least 4 members (excludes halogenated alkanes) is 2. The molecule has 1 aromatic rings. The van der Waals surface area contributed by atoms with Gasteiger partial charge in [0, 0.05) is 6.54 Å². The zero-order valence-electron chi connectivity index (χ0n) is 11.4. The Hall–Kier alpha value is -0.980. The minimum absolute atomic E-state index is 0.149. The number of halogens is 1. The second kappa shape index (κ2) is 9.01. The highest BCUT2D eigenvalue weighted by Crippen LogP contribution is 2.27. The molecular formula is C14H20INO3. The fraction of sp³-hybridized carbons (Fsp3) is 0.500. The maximum Gasteiger partial charge on any atom is 0.258 e. The lowest BCUT2D eigenvalue weighted by Gasteiger charge is -2.12. The van der Waals surface area contributed by atoms with Crippen LogP contribution in [0, 0.1) is 0 Å². The van der Waals surface area contributed by atoms with Crippen LogP contribution in [0.5, 0.6) is 11.5 Å². The van der Waals surface area contributed by atoms with Crippen LogP contribution in [0.3, 0.4) is 0 Å². The molecule has 0 aromatic heterocycles. The molecule has 0 saturated carbocycles. The first kappa shape index (κ1) is 16.1. The van der Waals surface area contributed by atoms with E-state index >= 15 is 0 Å². The van der Waals surface area contributed by atoms with Crippen molar-refractivity contribution in [2.24, 2.45) is 0 Å². The molecule has 0 aliphatic heterocycles. The highest BCUT2D eigenvalue weighted by atomic mass is 127. The Labute approximate surface area is 128 Å². The topological polar surface area (TPSA) is 47.6 Å². The summed E-state index contributed by atoms with van der Waals surface area (Å²) in [6, 6.07) is 5.32. The molecule has 0 aliphatic carbocycles. The fourth-order valence-corrected chi connectivity index (χ4v) is 2.30. The van der Waals surface area contributed by atoms with Gasteiger partial charge in [-0.05, 0) is 29.4 Å². The lowest BCUT2D eigenvalue weighted by Crippen LogP contribution is -2.25. The quantitative estimate of drug-likeness (QED) is 0.431. The van der Waals surface area contributed by atoms with E-state index in [9.17, 15) is 4.79 Å². The van der Waals surface area contributed by atoms with Crippen molar-refractivity contribution in [3.05, 3.63) is 23.8 Å². The smallest absolute Gasteiger partial charge is 0.258 e. The molecule has 0 bridgehead atoms. The molecule has 0 heterocycles. The van der Waals surface area contributed by atoms with Gasteiger partial charge < -0.3 is 14.8 Å². The molecule has 0 aliphatic rings. The first-order valence-corrected chi connectivity index (χ1v) is 7.82. The van der Waals surface area contributed by atoms with Crippen LogP contribution in [0.1, 0.15) is 29.6 Å². The van der Waals surface area contributed by atoms with Gasteiger partial charge in [0.1, 0.15) is 17.1 Å². The Bertz CT molecular complexity index is 387. The number of carbonyl (C=O) groups excluding carboxylic acids is 1. The predicted molar refractivity (Wildman–Crippen MR) is 84.6 cm³/mol. The van der Waals surface area contributed by atoms with Gasteiger partial charge in [-0.15, -0.1) is 0 Å². The number of benzene rings is 1. The zero-order valence-corrected chi connectivity index (χ0v) is 13.5. The van der Waals surface area contributed by atoms with E-state index in [0.29, 0.717) is 23.6 Å². The Kier molecular flexibility index (Phi) is 7.62. The first-order valence-electron chi connectivity index (χ1n) is 6.29. The average Bonchev–Trinajstić information content (AvgIpc) is 2.45. The largest absolute Gasteiger partial charge is 0.496 e. The summed E-state index contributed by atoms with van der Waals surface area (Å²) in [4.78, 5) is 12.2. The Morgan fingerprint density at radius 3 is 2.32 bits per heavy atom. The van der Waals surface area contributed by atoms with E-state index in [0.717, 1.165) is 17.3 Å². The van der Waals surface area contributed by atoms with Crippen molar-refractivity contribution in [3.63, 3.8) is 0 Å². The monoisotopic (exact) mass is 377 g/mol. The number of hydrogen-bond donors (Lipinski definition) is 1. The molecule has 0 spiro atoms. The van der Waals surface area contributed by atoms with E-state index in [1.807, 2.05) is 0 Å². The number of methoxy groups -OCH3 is 2. The molecule has 5 heteroatoms. The third-order valence-corrected chi connectivity index (χ3v) is 3.51. The Morgan fingerprint density at radius 1 is 1.16 bits per heavy atom. The highest BCUT2D eigenvalue weighted by molar-refractivity contribution is 14.1. The van der Waals surface area contributed by atoms with Crippen molar-refractivity contribution in [1.82, 2.24) is 5.32 Å². The molecule has 0 atom stereocenters. The summed E-state index contributed by atoms with van der Waals surface area (Å²) < 4.78 is 11.6. The summed E-state index contributed by atoms with van der Waals surface area (Å²) in [6.07, 6.45) is 3.31. The van der Waals surface area contributed by atoms with E-state index in [1.54, 1.807) is 32.4 Å². The lowest BCUT2D eigenvalue weighted by atomic mass is 10.1. The van der Waals surface area contributed by atoms with Gasteiger partial charge in [0.25, 0.3) is 5.91 Å². The maximum atomic E-state index is 12.2. The second-order valence-corrected chi connectivity index (χ2v) is 5.12. The molecule has 1 N–H and O–H groups in total. The molecule has 0 fully saturated rings. The van der Waals surface area contributed by atoms with Crippen molar-refractivity contribution in [2.45, 2.75) is 19.3 Å². The van der Waals surface area contributed by atoms with Gasteiger partial charge in [-0.2, -0.15) is 0 Å². The molecule has 106 valence electrons. The summed E-state index contributed by atoms with van der Waals surface area (Å²) in [6.45, 7) is 0.677. The third kappa shape index (κ3) is 4.89. The van der Waals surface area contributed by atoms with Crippen molar-refractivity contribution >= 4 is 28.5 Å². The lowest BCUT2D eigenvalue weighted by molar-refractivity contribution is 0.0946. The van der Waals surface area contributed by atoms with Gasteiger partial charge in [-0.3, -0.25) is 4.79 Å². The average molecular weight is 377 g/mol. The van der Waals surface area contributed by atoms with Gasteiger partial charge in [-0.25, -0.2) is 0 Å². The SMILES string of the molecule is COc1cccc(OC)c1C(=O)NCCCCCI. The third-order valence-electron chi connectivity index (χ3n) is 2.75. The number of hydrogen-bond acceptors (Lipinski definition) is 3. The Morgan fingerprint density at radius 2 is 1.79 bits per heavy atom. The number of ether oxygens (including phenoxy) is 2. The summed E-state index contributed by atoms with van der Waals surface area (Å²) >= 11 is 2.36. The fourth-order valence-electron chi connectivity index (χ4n) is 1.76. The van der Waals surface area contributed by atoms with Crippen molar-refractivity contribution < 1.29 is 14.3 Å². The summed E-state index contributed by atoms with van der Waals surface area (Å²) in [7, 11) is 3.10. The van der Waals surface area contributed by atoms with Gasteiger partial charge >= 0.3 is 0 Å². The summed E-state index contributed by atoms with van der Waals surface area (Å²) in [5.41, 5.74) is 0.460. The number of alkyl halides is 1. The molecule has 4 nitrogen and oxygen atoms in total. The molecule has 0 saturated heterocycles. The van der Waals surface area contributed by atoms with Crippen LogP contribution in [-0.2, 0) is 0 Å². The molecule has 0 unspecified atom stereocenters. The number of amides is 1. The molecular weight excluding hydrogens is 357 g/mol. The number of carbonyl (C=O) groups is 1. The van der Waals surface area contributed by atoms with E-state index < -0.39 is 0 Å². The number of nitrogens with one attached hydrogen (secondary N) is 1. The van der Waals surface area contributed by atoms with Crippen LogP contribution < -0.4 is 14.8 Å². The molecule has 1 aromatic carbocycles. The van der Waals surface area contributed by atoms with Crippen molar-refractivity contribution in [3.8, 4) is 11.5 Å². The van der Waals surface area contributed by atoms with Crippen LogP contribution in [0.2, 0.25) is 0 Å². The zero-order chi connectivity index (χ0) is 14.1. The van der Waals surface area contributed by atoms with Crippen molar-refractivity contribution in [2.75, 3.05) is 25.2 Å². The van der Waals surface area contributed by atoms with E-state index in [4.69, 9.17) is 9.47 Å². The minimum atomic E-state index is -0.149. The molecule has 1 rings (SSSR count). The van der Waals surface area contributed by atoms with Crippen LogP contribution in [0.25, 0.3) is 0 Å². The van der Waals surface area contributed by atoms with Crippen LogP contribution >= 0.6 is 22.6 Å². The predicted octanol–water partition coefficient (Wildman–Crippen LogP) is 3.04. The maximum absolute atomic E-state index is 12.2. The van der Waals surface area contributed by atoms with Gasteiger partial charge in [0.15, 0.2) is 0 Å². The molecule has 1 amide bonds. The van der Waals surface area contributed by atoms with Crippen molar-refractivity contribution in [1.29, 1.82) is 0 Å². The Balaban J connectivity index is 2.65. The van der Waals surface area contributed by atoms with Crippen LogP contribution in [-0.4, -0.2) is 31.1 Å². The van der Waals surface area contributed by atoms with E-state index in [1.165, 1.54) is 6.42 Å². The van der Waals surface area contributed by atoms with Crippen LogP contribution in [0.15, 0.2) is 18.2 Å². The first-order chi connectivity index (χ1) is 9.24. The summed E-state index contributed by atoms with van der Waals surface area (Å²) in [5.74, 6) is 0.914. The standard InChI is InChI=1S/C14H20INO3/c1-18-11-7-6-8-12(19-2)13(11)14(17)16-10-5-3-4-9-15/h6-8H,3-5,9-10H2,1-2H3,(H,16,17). The van der Waals surface area contributed by atoms with Gasteiger partial charge in [-0.1, -0.05) is 35.1 Å². The van der Waals surface area contributed by atoms with Gasteiger partial charge in [0.2, 0.25) is 0 Å². The van der Waals surface area contributed by atoms with Gasteiger partial charge in [0.05, 0.1) is 14.2 Å².